The molecular weight excluding hydrogens is 817 g/mol. The Bertz CT molecular complexity index is 1240. The first-order chi connectivity index (χ1) is 32.5. The van der Waals surface area contributed by atoms with E-state index in [1.165, 1.54) is 128 Å². The molecule has 0 aromatic heterocycles. The van der Waals surface area contributed by atoms with E-state index < -0.39 is 6.10 Å². The first-order valence-corrected chi connectivity index (χ1v) is 28.0. The Morgan fingerprint density at radius 3 is 1.09 bits per heavy atom. The molecule has 0 N–H and O–H groups in total. The first-order valence-electron chi connectivity index (χ1n) is 28.0. The minimum atomic E-state index is -0.790. The van der Waals surface area contributed by atoms with Crippen LogP contribution in [0.5, 0.6) is 0 Å². The van der Waals surface area contributed by atoms with Crippen molar-refractivity contribution in [2.45, 2.75) is 277 Å². The topological polar surface area (TPSA) is 78.9 Å². The van der Waals surface area contributed by atoms with Crippen molar-refractivity contribution in [1.29, 1.82) is 0 Å². The van der Waals surface area contributed by atoms with Crippen molar-refractivity contribution in [2.75, 3.05) is 13.2 Å². The van der Waals surface area contributed by atoms with Gasteiger partial charge in [-0.25, -0.2) is 0 Å². The Morgan fingerprint density at radius 2 is 0.667 bits per heavy atom. The Kier molecular flexibility index (Phi) is 51.9. The van der Waals surface area contributed by atoms with Crippen molar-refractivity contribution < 1.29 is 28.6 Å². The highest BCUT2D eigenvalue weighted by atomic mass is 16.6. The Labute approximate surface area is 408 Å². The summed E-state index contributed by atoms with van der Waals surface area (Å²) in [6, 6.07) is 0. The first kappa shape index (κ1) is 62.8. The van der Waals surface area contributed by atoms with E-state index in [1.54, 1.807) is 0 Å². The van der Waals surface area contributed by atoms with Gasteiger partial charge in [-0.05, 0) is 70.6 Å². The largest absolute Gasteiger partial charge is 0.462 e. The van der Waals surface area contributed by atoms with Crippen LogP contribution >= 0.6 is 0 Å². The number of esters is 3. The number of rotatable bonds is 50. The summed E-state index contributed by atoms with van der Waals surface area (Å²) in [6.07, 6.45) is 68.9. The molecule has 6 heteroatoms. The van der Waals surface area contributed by atoms with Crippen LogP contribution in [-0.4, -0.2) is 37.2 Å². The van der Waals surface area contributed by atoms with E-state index in [1.807, 2.05) is 0 Å². The van der Waals surface area contributed by atoms with Gasteiger partial charge in [0.25, 0.3) is 0 Å². The van der Waals surface area contributed by atoms with Crippen LogP contribution in [-0.2, 0) is 28.6 Å². The predicted octanol–water partition coefficient (Wildman–Crippen LogP) is 18.6. The molecule has 0 fully saturated rings. The highest BCUT2D eigenvalue weighted by Crippen LogP contribution is 2.16. The third-order valence-electron chi connectivity index (χ3n) is 12.0. The SMILES string of the molecule is CC\C=C/C=C\C=C/CCCCCCCCCC(=O)OC(COC(=O)CCCCCC/C=C\C/C=C\C/C=C\CC)COC(=O)CCCCCCCCCCCCCCCCCCCCC. The van der Waals surface area contributed by atoms with Crippen LogP contribution in [0, 0.1) is 0 Å². The van der Waals surface area contributed by atoms with E-state index in [0.717, 1.165) is 103 Å². The molecule has 0 heterocycles. The molecule has 0 aromatic rings. The van der Waals surface area contributed by atoms with Gasteiger partial charge in [-0.3, -0.25) is 14.4 Å². The lowest BCUT2D eigenvalue weighted by Gasteiger charge is -2.18. The molecule has 0 saturated heterocycles. The average Bonchev–Trinajstić information content (AvgIpc) is 3.31. The smallest absolute Gasteiger partial charge is 0.306 e. The van der Waals surface area contributed by atoms with Crippen LogP contribution in [0.4, 0.5) is 0 Å². The summed E-state index contributed by atoms with van der Waals surface area (Å²) in [7, 11) is 0. The van der Waals surface area contributed by atoms with Crippen LogP contribution in [0.25, 0.3) is 0 Å². The van der Waals surface area contributed by atoms with E-state index in [0.29, 0.717) is 19.3 Å². The van der Waals surface area contributed by atoms with Crippen molar-refractivity contribution in [1.82, 2.24) is 0 Å². The number of unbranched alkanes of at least 4 members (excludes halogenated alkanes) is 29. The molecule has 0 rings (SSSR count). The normalized spacial score (nSPS) is 12.6. The fourth-order valence-corrected chi connectivity index (χ4v) is 7.87. The minimum Gasteiger partial charge on any atom is -0.462 e. The Hall–Kier alpha value is -3.15. The molecule has 0 spiro atoms. The average molecular weight is 921 g/mol. The van der Waals surface area contributed by atoms with Crippen molar-refractivity contribution in [3.05, 3.63) is 72.9 Å². The van der Waals surface area contributed by atoms with Crippen LogP contribution in [0.3, 0.4) is 0 Å². The monoisotopic (exact) mass is 921 g/mol. The maximum Gasteiger partial charge on any atom is 0.306 e. The van der Waals surface area contributed by atoms with Gasteiger partial charge in [0.1, 0.15) is 13.2 Å². The standard InChI is InChI=1S/C60H104O6/c1-4-7-10-13-16-19-22-25-28-29-30-31-33-35-38-41-44-47-50-53-59(62)65-56-57(55-64-58(61)52-49-46-43-40-37-34-27-24-21-18-15-12-9-6-3)66-60(63)54-51-48-45-42-39-36-32-26-23-20-17-14-11-8-5-2/h8-9,11-12,14,17-18,20-21,23,27,34,57H,4-7,10,13,15-16,19,22,24-26,28-33,35-56H2,1-3H3/b11-8-,12-9-,17-14-,21-18-,23-20-,34-27-. The number of allylic oxidation sites excluding steroid dienone is 12. The molecule has 66 heavy (non-hydrogen) atoms. The fraction of sp³-hybridized carbons (Fsp3) is 0.750. The molecule has 0 aliphatic heterocycles. The summed E-state index contributed by atoms with van der Waals surface area (Å²) >= 11 is 0. The predicted molar refractivity (Wildman–Crippen MR) is 284 cm³/mol. The van der Waals surface area contributed by atoms with Crippen molar-refractivity contribution >= 4 is 17.9 Å². The lowest BCUT2D eigenvalue weighted by molar-refractivity contribution is -0.167. The Morgan fingerprint density at radius 1 is 0.333 bits per heavy atom. The van der Waals surface area contributed by atoms with Gasteiger partial charge >= 0.3 is 17.9 Å². The number of carbonyl (C=O) groups excluding carboxylic acids is 3. The zero-order chi connectivity index (χ0) is 47.9. The second kappa shape index (κ2) is 54.5. The number of ether oxygens (including phenoxy) is 3. The van der Waals surface area contributed by atoms with Gasteiger partial charge in [0, 0.05) is 19.3 Å². The maximum absolute atomic E-state index is 12.8. The molecule has 0 aromatic carbocycles. The zero-order valence-electron chi connectivity index (χ0n) is 43.4. The summed E-state index contributed by atoms with van der Waals surface area (Å²) in [6.45, 7) is 6.39. The number of hydrogen-bond acceptors (Lipinski definition) is 6. The van der Waals surface area contributed by atoms with E-state index in [4.69, 9.17) is 14.2 Å². The van der Waals surface area contributed by atoms with Gasteiger partial charge in [-0.2, -0.15) is 0 Å². The lowest BCUT2D eigenvalue weighted by Crippen LogP contribution is -2.30. The minimum absolute atomic E-state index is 0.0857. The molecule has 1 unspecified atom stereocenters. The number of hydrogen-bond donors (Lipinski definition) is 0. The molecule has 0 aliphatic rings. The van der Waals surface area contributed by atoms with Crippen molar-refractivity contribution in [3.63, 3.8) is 0 Å². The lowest BCUT2D eigenvalue weighted by atomic mass is 10.0. The highest BCUT2D eigenvalue weighted by Gasteiger charge is 2.19. The van der Waals surface area contributed by atoms with Crippen LogP contribution in [0.15, 0.2) is 72.9 Å². The van der Waals surface area contributed by atoms with Gasteiger partial charge < -0.3 is 14.2 Å². The summed E-state index contributed by atoms with van der Waals surface area (Å²) in [5.41, 5.74) is 0. The summed E-state index contributed by atoms with van der Waals surface area (Å²) in [4.78, 5) is 38.1. The third-order valence-corrected chi connectivity index (χ3v) is 12.0. The molecule has 1 atom stereocenters. The van der Waals surface area contributed by atoms with Crippen molar-refractivity contribution in [3.8, 4) is 0 Å². The maximum atomic E-state index is 12.8. The van der Waals surface area contributed by atoms with E-state index >= 15 is 0 Å². The van der Waals surface area contributed by atoms with Gasteiger partial charge in [0.2, 0.25) is 0 Å². The second-order valence-electron chi connectivity index (χ2n) is 18.5. The van der Waals surface area contributed by atoms with E-state index in [2.05, 4.69) is 93.7 Å². The Balaban J connectivity index is 4.37. The second-order valence-corrected chi connectivity index (χ2v) is 18.5. The molecule has 0 saturated carbocycles. The highest BCUT2D eigenvalue weighted by molar-refractivity contribution is 5.71. The van der Waals surface area contributed by atoms with Crippen LogP contribution < -0.4 is 0 Å². The molecule has 0 radical (unpaired) electrons. The van der Waals surface area contributed by atoms with Gasteiger partial charge in [0.05, 0.1) is 0 Å². The van der Waals surface area contributed by atoms with Gasteiger partial charge in [-0.15, -0.1) is 0 Å². The van der Waals surface area contributed by atoms with Gasteiger partial charge in [-0.1, -0.05) is 254 Å². The van der Waals surface area contributed by atoms with Crippen LogP contribution in [0.2, 0.25) is 0 Å². The van der Waals surface area contributed by atoms with E-state index in [-0.39, 0.29) is 31.1 Å². The molecule has 6 nitrogen and oxygen atoms in total. The molecule has 0 amide bonds. The molecular formula is C60H104O6. The quantitative estimate of drug-likeness (QED) is 0.0199. The van der Waals surface area contributed by atoms with Gasteiger partial charge in [0.15, 0.2) is 6.10 Å². The number of carbonyl (C=O) groups is 3. The zero-order valence-corrected chi connectivity index (χ0v) is 43.4. The summed E-state index contributed by atoms with van der Waals surface area (Å²) in [5, 5.41) is 0. The van der Waals surface area contributed by atoms with Crippen LogP contribution in [0.1, 0.15) is 271 Å². The fourth-order valence-electron chi connectivity index (χ4n) is 7.87. The van der Waals surface area contributed by atoms with E-state index in [9.17, 15) is 14.4 Å². The molecule has 380 valence electrons. The van der Waals surface area contributed by atoms with Crippen molar-refractivity contribution in [2.24, 2.45) is 0 Å². The molecule has 0 aliphatic carbocycles. The summed E-state index contributed by atoms with van der Waals surface area (Å²) in [5.74, 6) is -0.913. The summed E-state index contributed by atoms with van der Waals surface area (Å²) < 4.78 is 16.8. The molecule has 0 bridgehead atoms. The third kappa shape index (κ3) is 51.8.